The number of esters is 1. The lowest BCUT2D eigenvalue weighted by molar-refractivity contribution is -0.119. The molecule has 0 spiro atoms. The molecule has 3 aromatic rings. The number of aryl methyl sites for hydroxylation is 2. The van der Waals surface area contributed by atoms with Crippen LogP contribution in [0.3, 0.4) is 0 Å². The van der Waals surface area contributed by atoms with Gasteiger partial charge in [0.15, 0.2) is 6.61 Å². The van der Waals surface area contributed by atoms with Crippen LogP contribution < -0.4 is 5.32 Å². The zero-order valence-corrected chi connectivity index (χ0v) is 16.6. The second-order valence-electron chi connectivity index (χ2n) is 6.93. The monoisotopic (exact) mass is 395 g/mol. The van der Waals surface area contributed by atoms with Crippen molar-refractivity contribution < 1.29 is 14.3 Å². The molecule has 144 valence electrons. The average molecular weight is 395 g/mol. The van der Waals surface area contributed by atoms with E-state index in [2.05, 4.69) is 10.4 Å². The fraction of sp³-hybridized carbons (Fsp3) is 0.286. The van der Waals surface area contributed by atoms with E-state index in [0.717, 1.165) is 34.0 Å². The zero-order valence-electron chi connectivity index (χ0n) is 15.8. The Labute approximate surface area is 167 Å². The van der Waals surface area contributed by atoms with Crippen LogP contribution in [0.25, 0.3) is 5.69 Å². The fourth-order valence-electron chi connectivity index (χ4n) is 3.05. The minimum Gasteiger partial charge on any atom is -0.452 e. The first-order valence-electron chi connectivity index (χ1n) is 9.20. The van der Waals surface area contributed by atoms with Gasteiger partial charge in [-0.15, -0.1) is 11.3 Å². The highest BCUT2D eigenvalue weighted by Crippen LogP contribution is 2.40. The van der Waals surface area contributed by atoms with Crippen LogP contribution in [-0.4, -0.2) is 28.3 Å². The second kappa shape index (κ2) is 7.59. The molecule has 1 amide bonds. The molecule has 1 aromatic carbocycles. The topological polar surface area (TPSA) is 73.2 Å². The van der Waals surface area contributed by atoms with Gasteiger partial charge in [0.25, 0.3) is 5.91 Å². The minimum absolute atomic E-state index is 0.341. The van der Waals surface area contributed by atoms with Gasteiger partial charge in [-0.1, -0.05) is 18.2 Å². The van der Waals surface area contributed by atoms with Crippen LogP contribution in [0.4, 0.5) is 5.82 Å². The molecule has 2 heterocycles. The summed E-state index contributed by atoms with van der Waals surface area (Å²) < 4.78 is 6.92. The standard InChI is InChI=1S/C21H21N3O3S/c1-13-10-17(14(2)28-13)21(26)27-12-20(25)22-19-11-18(15-8-9-15)23-24(19)16-6-4-3-5-7-16/h3-7,10-11,15H,8-9,12H2,1-2H3,(H,22,25). The van der Waals surface area contributed by atoms with E-state index in [0.29, 0.717) is 17.3 Å². The molecule has 6 nitrogen and oxygen atoms in total. The Morgan fingerprint density at radius 2 is 1.96 bits per heavy atom. The van der Waals surface area contributed by atoms with E-state index in [9.17, 15) is 9.59 Å². The van der Waals surface area contributed by atoms with E-state index in [-0.39, 0.29) is 6.61 Å². The highest BCUT2D eigenvalue weighted by Gasteiger charge is 2.28. The third-order valence-electron chi connectivity index (χ3n) is 4.59. The van der Waals surface area contributed by atoms with Crippen LogP contribution in [-0.2, 0) is 9.53 Å². The Kier molecular flexibility index (Phi) is 5.00. The van der Waals surface area contributed by atoms with Crippen molar-refractivity contribution in [2.45, 2.75) is 32.6 Å². The van der Waals surface area contributed by atoms with Crippen molar-refractivity contribution in [3.63, 3.8) is 0 Å². The predicted molar refractivity (Wildman–Crippen MR) is 108 cm³/mol. The van der Waals surface area contributed by atoms with E-state index in [4.69, 9.17) is 4.74 Å². The van der Waals surface area contributed by atoms with Gasteiger partial charge >= 0.3 is 5.97 Å². The number of thiophene rings is 1. The lowest BCUT2D eigenvalue weighted by atomic mass is 10.2. The summed E-state index contributed by atoms with van der Waals surface area (Å²) in [6, 6.07) is 13.3. The molecular formula is C21H21N3O3S. The van der Waals surface area contributed by atoms with Gasteiger partial charge in [0.1, 0.15) is 5.82 Å². The van der Waals surface area contributed by atoms with Gasteiger partial charge in [0.2, 0.25) is 0 Å². The average Bonchev–Trinajstić information content (AvgIpc) is 3.37. The molecule has 7 heteroatoms. The normalized spacial score (nSPS) is 13.4. The molecule has 0 saturated heterocycles. The van der Waals surface area contributed by atoms with Gasteiger partial charge in [0.05, 0.1) is 16.9 Å². The number of carbonyl (C=O) groups excluding carboxylic acids is 2. The van der Waals surface area contributed by atoms with Crippen molar-refractivity contribution in [1.29, 1.82) is 0 Å². The molecule has 1 aliphatic rings. The van der Waals surface area contributed by atoms with Crippen LogP contribution in [0.2, 0.25) is 0 Å². The minimum atomic E-state index is -0.479. The summed E-state index contributed by atoms with van der Waals surface area (Å²) in [4.78, 5) is 26.5. The third-order valence-corrected chi connectivity index (χ3v) is 5.55. The molecule has 28 heavy (non-hydrogen) atoms. The van der Waals surface area contributed by atoms with Crippen LogP contribution in [0.1, 0.15) is 44.6 Å². The smallest absolute Gasteiger partial charge is 0.339 e. The number of rotatable bonds is 6. The number of nitrogens with zero attached hydrogens (tertiary/aromatic N) is 2. The number of carbonyl (C=O) groups is 2. The summed E-state index contributed by atoms with van der Waals surface area (Å²) in [5, 5.41) is 7.47. The largest absolute Gasteiger partial charge is 0.452 e. The van der Waals surface area contributed by atoms with Gasteiger partial charge in [0, 0.05) is 21.7 Å². The molecule has 1 fully saturated rings. The number of hydrogen-bond donors (Lipinski definition) is 1. The quantitative estimate of drug-likeness (QED) is 0.634. The third kappa shape index (κ3) is 3.99. The maximum atomic E-state index is 12.4. The molecule has 2 aromatic heterocycles. The van der Waals surface area contributed by atoms with Crippen molar-refractivity contribution in [1.82, 2.24) is 9.78 Å². The summed E-state index contributed by atoms with van der Waals surface area (Å²) in [6.45, 7) is 3.46. The molecule has 1 N–H and O–H groups in total. The van der Waals surface area contributed by atoms with Gasteiger partial charge in [-0.3, -0.25) is 4.79 Å². The first-order valence-corrected chi connectivity index (χ1v) is 10.0. The number of anilines is 1. The summed E-state index contributed by atoms with van der Waals surface area (Å²) in [5.74, 6) is 0.171. The number of hydrogen-bond acceptors (Lipinski definition) is 5. The molecule has 0 atom stereocenters. The molecule has 1 saturated carbocycles. The van der Waals surface area contributed by atoms with E-state index >= 15 is 0 Å². The van der Waals surface area contributed by atoms with E-state index in [1.54, 1.807) is 10.7 Å². The zero-order chi connectivity index (χ0) is 19.7. The molecule has 0 unspecified atom stereocenters. The summed E-state index contributed by atoms with van der Waals surface area (Å²) >= 11 is 1.53. The van der Waals surface area contributed by atoms with Crippen molar-refractivity contribution >= 4 is 29.0 Å². The second-order valence-corrected chi connectivity index (χ2v) is 8.39. The fourth-order valence-corrected chi connectivity index (χ4v) is 3.97. The molecule has 4 rings (SSSR count). The Bertz CT molecular complexity index is 1020. The van der Waals surface area contributed by atoms with E-state index in [1.165, 1.54) is 11.3 Å². The van der Waals surface area contributed by atoms with Gasteiger partial charge in [-0.25, -0.2) is 9.48 Å². The number of aromatic nitrogens is 2. The van der Waals surface area contributed by atoms with Crippen LogP contribution in [0.15, 0.2) is 42.5 Å². The number of ether oxygens (including phenoxy) is 1. The Balaban J connectivity index is 1.45. The molecular weight excluding hydrogens is 374 g/mol. The van der Waals surface area contributed by atoms with E-state index < -0.39 is 11.9 Å². The number of nitrogens with one attached hydrogen (secondary N) is 1. The van der Waals surface area contributed by atoms with Gasteiger partial charge in [-0.05, 0) is 44.9 Å². The van der Waals surface area contributed by atoms with Gasteiger partial charge in [-0.2, -0.15) is 5.10 Å². The highest BCUT2D eigenvalue weighted by molar-refractivity contribution is 7.12. The molecule has 1 aliphatic carbocycles. The van der Waals surface area contributed by atoms with Gasteiger partial charge < -0.3 is 10.1 Å². The highest BCUT2D eigenvalue weighted by atomic mass is 32.1. The molecule has 0 radical (unpaired) electrons. The van der Waals surface area contributed by atoms with E-state index in [1.807, 2.05) is 50.2 Å². The SMILES string of the molecule is Cc1cc(C(=O)OCC(=O)Nc2cc(C3CC3)nn2-c2ccccc2)c(C)s1. The predicted octanol–water partition coefficient (Wildman–Crippen LogP) is 4.22. The van der Waals surface area contributed by atoms with Crippen LogP contribution in [0.5, 0.6) is 0 Å². The lowest BCUT2D eigenvalue weighted by Crippen LogP contribution is -2.22. The molecule has 0 bridgehead atoms. The molecule has 0 aliphatic heterocycles. The first-order chi connectivity index (χ1) is 13.5. The van der Waals surface area contributed by atoms with Crippen molar-refractivity contribution in [2.75, 3.05) is 11.9 Å². The van der Waals surface area contributed by atoms with Crippen LogP contribution >= 0.6 is 11.3 Å². The lowest BCUT2D eigenvalue weighted by Gasteiger charge is -2.09. The number of para-hydroxylation sites is 1. The Morgan fingerprint density at radius 3 is 2.61 bits per heavy atom. The summed E-state index contributed by atoms with van der Waals surface area (Å²) in [6.07, 6.45) is 2.24. The maximum absolute atomic E-state index is 12.4. The Hall–Kier alpha value is -2.93. The van der Waals surface area contributed by atoms with Crippen LogP contribution in [0, 0.1) is 13.8 Å². The summed E-state index contributed by atoms with van der Waals surface area (Å²) in [7, 11) is 0. The van der Waals surface area contributed by atoms with Crippen molar-refractivity contribution in [3.05, 3.63) is 63.5 Å². The van der Waals surface area contributed by atoms with Crippen molar-refractivity contribution in [3.8, 4) is 5.69 Å². The number of benzene rings is 1. The maximum Gasteiger partial charge on any atom is 0.339 e. The Morgan fingerprint density at radius 1 is 1.21 bits per heavy atom. The first kappa shape index (κ1) is 18.4. The van der Waals surface area contributed by atoms with Crippen molar-refractivity contribution in [2.24, 2.45) is 0 Å². The number of amides is 1. The summed E-state index contributed by atoms with van der Waals surface area (Å²) in [5.41, 5.74) is 2.35.